The fourth-order valence-electron chi connectivity index (χ4n) is 4.62. The smallest absolute Gasteiger partial charge is 0.255 e. The van der Waals surface area contributed by atoms with Gasteiger partial charge in [0.1, 0.15) is 23.4 Å². The maximum Gasteiger partial charge on any atom is 0.255 e. The first kappa shape index (κ1) is 31.2. The zero-order valence-corrected chi connectivity index (χ0v) is 24.5. The number of likely N-dealkylation sites (tertiary alicyclic amines) is 1. The molecule has 1 aromatic heterocycles. The van der Waals surface area contributed by atoms with E-state index in [0.29, 0.717) is 46.4 Å². The first-order valence-electron chi connectivity index (χ1n) is 13.8. The Hall–Kier alpha value is -4.30. The minimum absolute atomic E-state index is 0.171. The Morgan fingerprint density at radius 1 is 0.976 bits per heavy atom. The number of fused-ring (bicyclic) bond motifs is 1. The van der Waals surface area contributed by atoms with Crippen molar-refractivity contribution in [3.8, 4) is 22.5 Å². The van der Waals surface area contributed by atoms with Crippen LogP contribution in [0.4, 0.5) is 4.39 Å². The standard InChI is InChI=1S/C28H23FN2O4.C3H9N.C2H6/c1-30-27(33)25-23-15-19(9-12-24(23)35-26(25)17-7-10-21(29)11-8-17)18-4-2-5-20(14-18)28(34)31-13-3-6-22(31)16-32;1-4(2)3;1-2/h2,4-5,7-12,14-16,22H,3,6,13H2,1H3,(H,30,33);1-3H3;1-2H3/t22-;;/m0../s1. The Kier molecular flexibility index (Phi) is 10.9. The molecule has 3 aromatic carbocycles. The summed E-state index contributed by atoms with van der Waals surface area (Å²) >= 11 is 0. The average Bonchev–Trinajstić information content (AvgIpc) is 3.62. The van der Waals surface area contributed by atoms with Gasteiger partial charge in [0.05, 0.1) is 11.6 Å². The van der Waals surface area contributed by atoms with Crippen molar-refractivity contribution in [3.63, 3.8) is 0 Å². The SMILES string of the molecule is CC.CN(C)C.CNC(=O)c1c(-c2ccc(F)cc2)oc2ccc(-c3cccc(C(=O)N4CCC[C@H]4C=O)c3)cc12. The first-order valence-corrected chi connectivity index (χ1v) is 13.8. The molecule has 41 heavy (non-hydrogen) atoms. The summed E-state index contributed by atoms with van der Waals surface area (Å²) in [6.07, 6.45) is 2.33. The minimum Gasteiger partial charge on any atom is -0.455 e. The van der Waals surface area contributed by atoms with Gasteiger partial charge in [-0.15, -0.1) is 0 Å². The second-order valence-corrected chi connectivity index (χ2v) is 9.87. The second kappa shape index (κ2) is 14.4. The van der Waals surface area contributed by atoms with E-state index in [2.05, 4.69) is 5.32 Å². The van der Waals surface area contributed by atoms with Gasteiger partial charge in [-0.05, 0) is 93.6 Å². The molecule has 0 unspecified atom stereocenters. The van der Waals surface area contributed by atoms with E-state index in [1.165, 1.54) is 12.1 Å². The molecule has 216 valence electrons. The summed E-state index contributed by atoms with van der Waals surface area (Å²) in [7, 11) is 7.54. The van der Waals surface area contributed by atoms with Gasteiger partial charge in [0.2, 0.25) is 0 Å². The topological polar surface area (TPSA) is 82.9 Å². The molecular formula is C33H38FN3O4. The zero-order chi connectivity index (χ0) is 30.1. The molecular weight excluding hydrogens is 521 g/mol. The molecule has 2 heterocycles. The summed E-state index contributed by atoms with van der Waals surface area (Å²) in [5, 5.41) is 3.26. The molecule has 0 bridgehead atoms. The van der Waals surface area contributed by atoms with Crippen LogP contribution in [0.1, 0.15) is 47.4 Å². The van der Waals surface area contributed by atoms with Crippen molar-refractivity contribution in [3.05, 3.63) is 83.7 Å². The molecule has 1 fully saturated rings. The van der Waals surface area contributed by atoms with Crippen molar-refractivity contribution in [2.75, 3.05) is 34.7 Å². The number of nitrogens with one attached hydrogen (secondary N) is 1. The Morgan fingerprint density at radius 3 is 2.24 bits per heavy atom. The number of halogens is 1. The lowest BCUT2D eigenvalue weighted by Crippen LogP contribution is -2.36. The maximum absolute atomic E-state index is 13.4. The van der Waals surface area contributed by atoms with Gasteiger partial charge in [-0.3, -0.25) is 9.59 Å². The predicted molar refractivity (Wildman–Crippen MR) is 162 cm³/mol. The van der Waals surface area contributed by atoms with Crippen LogP contribution < -0.4 is 5.32 Å². The number of hydrogen-bond donors (Lipinski definition) is 1. The van der Waals surface area contributed by atoms with Crippen molar-refractivity contribution in [1.82, 2.24) is 15.1 Å². The summed E-state index contributed by atoms with van der Waals surface area (Å²) in [6, 6.07) is 18.1. The van der Waals surface area contributed by atoms with Crippen LogP contribution in [0, 0.1) is 5.82 Å². The predicted octanol–water partition coefficient (Wildman–Crippen LogP) is 6.27. The van der Waals surface area contributed by atoms with Crippen LogP contribution in [0.2, 0.25) is 0 Å². The fourth-order valence-corrected chi connectivity index (χ4v) is 4.62. The van der Waals surface area contributed by atoms with E-state index in [1.54, 1.807) is 48.3 Å². The molecule has 1 saturated heterocycles. The number of benzene rings is 3. The molecule has 7 nitrogen and oxygen atoms in total. The van der Waals surface area contributed by atoms with Gasteiger partial charge >= 0.3 is 0 Å². The second-order valence-electron chi connectivity index (χ2n) is 9.87. The Bertz CT molecular complexity index is 1490. The van der Waals surface area contributed by atoms with Crippen molar-refractivity contribution in [2.45, 2.75) is 32.7 Å². The highest BCUT2D eigenvalue weighted by Gasteiger charge is 2.29. The lowest BCUT2D eigenvalue weighted by Gasteiger charge is -2.20. The highest BCUT2D eigenvalue weighted by molar-refractivity contribution is 6.12. The Morgan fingerprint density at radius 2 is 1.61 bits per heavy atom. The molecule has 0 radical (unpaired) electrons. The summed E-state index contributed by atoms with van der Waals surface area (Å²) in [6.45, 7) is 4.56. The lowest BCUT2D eigenvalue weighted by atomic mass is 9.98. The van der Waals surface area contributed by atoms with E-state index >= 15 is 0 Å². The average molecular weight is 560 g/mol. The number of rotatable bonds is 5. The van der Waals surface area contributed by atoms with Crippen molar-refractivity contribution in [1.29, 1.82) is 0 Å². The first-order chi connectivity index (χ1) is 19.7. The summed E-state index contributed by atoms with van der Waals surface area (Å²) in [5.41, 5.74) is 3.57. The van der Waals surface area contributed by atoms with Gasteiger partial charge in [0.15, 0.2) is 0 Å². The van der Waals surface area contributed by atoms with E-state index in [9.17, 15) is 18.8 Å². The van der Waals surface area contributed by atoms with Gasteiger partial charge in [-0.25, -0.2) is 4.39 Å². The van der Waals surface area contributed by atoms with Crippen LogP contribution in [0.5, 0.6) is 0 Å². The molecule has 1 atom stereocenters. The molecule has 5 rings (SSSR count). The van der Waals surface area contributed by atoms with E-state index in [4.69, 9.17) is 4.42 Å². The van der Waals surface area contributed by atoms with E-state index in [1.807, 2.05) is 58.1 Å². The van der Waals surface area contributed by atoms with Crippen LogP contribution in [0.15, 0.2) is 71.1 Å². The molecule has 1 aliphatic rings. The van der Waals surface area contributed by atoms with Crippen LogP contribution in [0.25, 0.3) is 33.4 Å². The lowest BCUT2D eigenvalue weighted by molar-refractivity contribution is -0.111. The summed E-state index contributed by atoms with van der Waals surface area (Å²) in [5.74, 6) is -0.514. The van der Waals surface area contributed by atoms with Crippen molar-refractivity contribution >= 4 is 29.1 Å². The molecule has 0 spiro atoms. The maximum atomic E-state index is 13.4. The number of carbonyl (C=O) groups excluding carboxylic acids is 3. The number of nitrogens with zero attached hydrogens (tertiary/aromatic N) is 2. The molecule has 4 aromatic rings. The van der Waals surface area contributed by atoms with Gasteiger partial charge < -0.3 is 24.3 Å². The van der Waals surface area contributed by atoms with Crippen LogP contribution in [-0.4, -0.2) is 68.7 Å². The quantitative estimate of drug-likeness (QED) is 0.291. The summed E-state index contributed by atoms with van der Waals surface area (Å²) in [4.78, 5) is 40.8. The summed E-state index contributed by atoms with van der Waals surface area (Å²) < 4.78 is 19.5. The zero-order valence-electron chi connectivity index (χ0n) is 24.5. The van der Waals surface area contributed by atoms with Crippen LogP contribution in [0.3, 0.4) is 0 Å². The largest absolute Gasteiger partial charge is 0.455 e. The molecule has 2 amide bonds. The Balaban J connectivity index is 0.000000710. The third-order valence-electron chi connectivity index (χ3n) is 6.41. The number of carbonyl (C=O) groups is 3. The van der Waals surface area contributed by atoms with E-state index in [-0.39, 0.29) is 23.7 Å². The molecule has 8 heteroatoms. The van der Waals surface area contributed by atoms with Gasteiger partial charge in [0.25, 0.3) is 11.8 Å². The number of amides is 2. The molecule has 1 aliphatic heterocycles. The third-order valence-corrected chi connectivity index (χ3v) is 6.41. The van der Waals surface area contributed by atoms with Crippen molar-refractivity contribution in [2.24, 2.45) is 0 Å². The van der Waals surface area contributed by atoms with Gasteiger partial charge in [-0.1, -0.05) is 32.0 Å². The number of furan rings is 1. The molecule has 1 N–H and O–H groups in total. The van der Waals surface area contributed by atoms with Gasteiger partial charge in [0, 0.05) is 30.1 Å². The number of aldehydes is 1. The van der Waals surface area contributed by atoms with Crippen LogP contribution in [-0.2, 0) is 4.79 Å². The molecule has 0 aliphatic carbocycles. The fraction of sp³-hybridized carbons (Fsp3) is 0.303. The van der Waals surface area contributed by atoms with Gasteiger partial charge in [-0.2, -0.15) is 0 Å². The molecule has 0 saturated carbocycles. The monoisotopic (exact) mass is 559 g/mol. The van der Waals surface area contributed by atoms with Crippen molar-refractivity contribution < 1.29 is 23.2 Å². The Labute approximate surface area is 240 Å². The minimum atomic E-state index is -0.381. The highest BCUT2D eigenvalue weighted by Crippen LogP contribution is 2.36. The van der Waals surface area contributed by atoms with E-state index in [0.717, 1.165) is 23.8 Å². The van der Waals surface area contributed by atoms with Crippen LogP contribution >= 0.6 is 0 Å². The van der Waals surface area contributed by atoms with E-state index < -0.39 is 0 Å². The highest BCUT2D eigenvalue weighted by atomic mass is 19.1. The number of hydrogen-bond acceptors (Lipinski definition) is 5. The normalized spacial score (nSPS) is 14.1. The third kappa shape index (κ3) is 7.27.